The fraction of sp³-hybridized carbons (Fsp3) is 0.538. The minimum absolute atomic E-state index is 0.0718. The Morgan fingerprint density at radius 1 is 1.17 bits per heavy atom. The van der Waals surface area contributed by atoms with E-state index in [-0.39, 0.29) is 15.9 Å². The third kappa shape index (κ3) is 3.48. The van der Waals surface area contributed by atoms with E-state index in [1.807, 2.05) is 20.8 Å². The van der Waals surface area contributed by atoms with E-state index in [2.05, 4.69) is 21.2 Å². The van der Waals surface area contributed by atoms with Crippen LogP contribution in [0.4, 0.5) is 13.2 Å². The maximum atomic E-state index is 12.8. The topological polar surface area (TPSA) is 12.0 Å². The number of alkyl halides is 3. The predicted molar refractivity (Wildman–Crippen MR) is 70.4 cm³/mol. The maximum Gasteiger partial charge on any atom is 0.417 e. The zero-order valence-electron chi connectivity index (χ0n) is 10.8. The van der Waals surface area contributed by atoms with Crippen LogP contribution in [-0.2, 0) is 6.18 Å². The molecule has 1 rings (SSSR count). The lowest BCUT2D eigenvalue weighted by molar-refractivity contribution is -0.138. The summed E-state index contributed by atoms with van der Waals surface area (Å²) in [7, 11) is 1.76. The van der Waals surface area contributed by atoms with Crippen LogP contribution < -0.4 is 5.32 Å². The smallest absolute Gasteiger partial charge is 0.313 e. The lowest BCUT2D eigenvalue weighted by Gasteiger charge is -2.31. The molecule has 102 valence electrons. The highest BCUT2D eigenvalue weighted by molar-refractivity contribution is 9.10. The van der Waals surface area contributed by atoms with Gasteiger partial charge < -0.3 is 5.32 Å². The molecule has 0 spiro atoms. The molecule has 0 saturated carbocycles. The summed E-state index contributed by atoms with van der Waals surface area (Å²) in [5, 5.41) is 3.07. The highest BCUT2D eigenvalue weighted by Crippen LogP contribution is 2.39. The molecule has 1 N–H and O–H groups in total. The second-order valence-electron chi connectivity index (χ2n) is 5.32. The van der Waals surface area contributed by atoms with E-state index in [1.165, 1.54) is 12.1 Å². The number of hydrogen-bond acceptors (Lipinski definition) is 1. The molecule has 0 radical (unpaired) electrons. The standard InChI is InChI=1S/C13H17BrF3N/c1-12(2,3)11(18-4)8-5-6-10(14)9(7-8)13(15,16)17/h5-7,11,18H,1-4H3. The Kier molecular flexibility index (Phi) is 4.49. The molecular weight excluding hydrogens is 307 g/mol. The van der Waals surface area contributed by atoms with Gasteiger partial charge in [0.05, 0.1) is 5.56 Å². The van der Waals surface area contributed by atoms with Gasteiger partial charge >= 0.3 is 6.18 Å². The van der Waals surface area contributed by atoms with E-state index in [0.29, 0.717) is 5.56 Å². The average Bonchev–Trinajstić information content (AvgIpc) is 2.17. The fourth-order valence-electron chi connectivity index (χ4n) is 2.04. The molecule has 0 aliphatic carbocycles. The van der Waals surface area contributed by atoms with Gasteiger partial charge in [-0.05, 0) is 30.2 Å². The SMILES string of the molecule is CNC(c1ccc(Br)c(C(F)(F)F)c1)C(C)(C)C. The van der Waals surface area contributed by atoms with Crippen molar-refractivity contribution in [3.63, 3.8) is 0 Å². The van der Waals surface area contributed by atoms with Crippen molar-refractivity contribution in [2.24, 2.45) is 5.41 Å². The monoisotopic (exact) mass is 323 g/mol. The molecule has 1 aromatic rings. The molecule has 1 nitrogen and oxygen atoms in total. The molecule has 5 heteroatoms. The Labute approximate surface area is 114 Å². The lowest BCUT2D eigenvalue weighted by atomic mass is 9.82. The Bertz CT molecular complexity index is 421. The van der Waals surface area contributed by atoms with Crippen LogP contribution in [0.1, 0.15) is 37.9 Å². The van der Waals surface area contributed by atoms with E-state index < -0.39 is 11.7 Å². The Hall–Kier alpha value is -0.550. The van der Waals surface area contributed by atoms with Crippen molar-refractivity contribution >= 4 is 15.9 Å². The molecule has 0 amide bonds. The molecule has 0 aromatic heterocycles. The Morgan fingerprint density at radius 3 is 2.11 bits per heavy atom. The van der Waals surface area contributed by atoms with Crippen LogP contribution in [0.5, 0.6) is 0 Å². The van der Waals surface area contributed by atoms with Gasteiger partial charge in [0, 0.05) is 10.5 Å². The van der Waals surface area contributed by atoms with Crippen molar-refractivity contribution < 1.29 is 13.2 Å². The summed E-state index contributed by atoms with van der Waals surface area (Å²) >= 11 is 2.95. The van der Waals surface area contributed by atoms with Gasteiger partial charge in [-0.2, -0.15) is 13.2 Å². The van der Waals surface area contributed by atoms with Gasteiger partial charge in [-0.1, -0.05) is 42.8 Å². The van der Waals surface area contributed by atoms with Crippen LogP contribution in [0.25, 0.3) is 0 Å². The van der Waals surface area contributed by atoms with Gasteiger partial charge in [0.2, 0.25) is 0 Å². The van der Waals surface area contributed by atoms with Crippen LogP contribution >= 0.6 is 15.9 Å². The van der Waals surface area contributed by atoms with Gasteiger partial charge in [0.25, 0.3) is 0 Å². The summed E-state index contributed by atoms with van der Waals surface area (Å²) in [6.07, 6.45) is -4.34. The van der Waals surface area contributed by atoms with Crippen molar-refractivity contribution in [1.82, 2.24) is 5.32 Å². The van der Waals surface area contributed by atoms with E-state index in [9.17, 15) is 13.2 Å². The highest BCUT2D eigenvalue weighted by Gasteiger charge is 2.34. The van der Waals surface area contributed by atoms with Gasteiger partial charge in [-0.15, -0.1) is 0 Å². The Balaban J connectivity index is 3.28. The molecule has 0 saturated heterocycles. The molecule has 1 unspecified atom stereocenters. The van der Waals surface area contributed by atoms with Crippen LogP contribution in [0.3, 0.4) is 0 Å². The first-order valence-electron chi connectivity index (χ1n) is 5.61. The Morgan fingerprint density at radius 2 is 1.72 bits per heavy atom. The molecule has 0 fully saturated rings. The van der Waals surface area contributed by atoms with Crippen molar-refractivity contribution in [2.75, 3.05) is 7.05 Å². The minimum Gasteiger partial charge on any atom is -0.313 e. The second-order valence-corrected chi connectivity index (χ2v) is 6.18. The molecule has 1 aromatic carbocycles. The van der Waals surface area contributed by atoms with Crippen LogP contribution in [0, 0.1) is 5.41 Å². The van der Waals surface area contributed by atoms with Gasteiger partial charge in [0.15, 0.2) is 0 Å². The van der Waals surface area contributed by atoms with Gasteiger partial charge in [-0.3, -0.25) is 0 Å². The number of benzene rings is 1. The third-order valence-electron chi connectivity index (χ3n) is 2.78. The van der Waals surface area contributed by atoms with Gasteiger partial charge in [0.1, 0.15) is 0 Å². The largest absolute Gasteiger partial charge is 0.417 e. The van der Waals surface area contributed by atoms with Crippen molar-refractivity contribution in [2.45, 2.75) is 33.0 Å². The first-order valence-corrected chi connectivity index (χ1v) is 6.40. The van der Waals surface area contributed by atoms with Gasteiger partial charge in [-0.25, -0.2) is 0 Å². The quantitative estimate of drug-likeness (QED) is 0.826. The third-order valence-corrected chi connectivity index (χ3v) is 3.48. The molecule has 0 aliphatic rings. The normalized spacial score (nSPS) is 14.7. The summed E-state index contributed by atoms with van der Waals surface area (Å²) in [5.41, 5.74) is -0.157. The first kappa shape index (κ1) is 15.5. The van der Waals surface area contributed by atoms with Crippen LogP contribution in [-0.4, -0.2) is 7.05 Å². The summed E-state index contributed by atoms with van der Waals surface area (Å²) in [4.78, 5) is 0. The van der Waals surface area contributed by atoms with E-state index in [0.717, 1.165) is 0 Å². The van der Waals surface area contributed by atoms with Crippen molar-refractivity contribution in [1.29, 1.82) is 0 Å². The minimum atomic E-state index is -4.34. The van der Waals surface area contributed by atoms with E-state index >= 15 is 0 Å². The molecule has 1 atom stereocenters. The number of nitrogens with one attached hydrogen (secondary N) is 1. The number of rotatable bonds is 2. The number of halogens is 4. The maximum absolute atomic E-state index is 12.8. The average molecular weight is 324 g/mol. The van der Waals surface area contributed by atoms with E-state index in [4.69, 9.17) is 0 Å². The summed E-state index contributed by atoms with van der Waals surface area (Å²) in [6, 6.07) is 4.24. The van der Waals surface area contributed by atoms with Crippen molar-refractivity contribution in [3.05, 3.63) is 33.8 Å². The van der Waals surface area contributed by atoms with Crippen LogP contribution in [0.15, 0.2) is 22.7 Å². The summed E-state index contributed by atoms with van der Waals surface area (Å²) in [6.45, 7) is 5.97. The molecular formula is C13H17BrF3N. The first-order chi connectivity index (χ1) is 8.07. The summed E-state index contributed by atoms with van der Waals surface area (Å²) < 4.78 is 38.6. The zero-order chi connectivity index (χ0) is 14.1. The number of hydrogen-bond donors (Lipinski definition) is 1. The molecule has 0 heterocycles. The molecule has 0 aliphatic heterocycles. The summed E-state index contributed by atoms with van der Waals surface area (Å²) in [5.74, 6) is 0. The predicted octanol–water partition coefficient (Wildman–Crippen LogP) is 4.77. The van der Waals surface area contributed by atoms with Crippen LogP contribution in [0.2, 0.25) is 0 Å². The second kappa shape index (κ2) is 5.21. The van der Waals surface area contributed by atoms with E-state index in [1.54, 1.807) is 13.1 Å². The molecule has 18 heavy (non-hydrogen) atoms. The van der Waals surface area contributed by atoms with Crippen molar-refractivity contribution in [3.8, 4) is 0 Å². The fourth-order valence-corrected chi connectivity index (χ4v) is 2.51. The lowest BCUT2D eigenvalue weighted by Crippen LogP contribution is -2.29. The zero-order valence-corrected chi connectivity index (χ0v) is 12.4. The highest BCUT2D eigenvalue weighted by atomic mass is 79.9. The molecule has 0 bridgehead atoms.